The molecule has 1 fully saturated rings. The standard InChI is InChI=1S/C19H24F3NO4/c1-17(2,3)27-15(24)14-7-4-6-13(10-14)11-23-9-5-8-18(12-23,16(25)26)19(20,21)22/h4,6-7,10H,5,8-9,11-12H2,1-3H3,(H,25,26). The van der Waals surface area contributed by atoms with Gasteiger partial charge >= 0.3 is 18.1 Å². The molecule has 0 saturated carbocycles. The van der Waals surface area contributed by atoms with Crippen LogP contribution in [0, 0.1) is 5.41 Å². The van der Waals surface area contributed by atoms with Crippen LogP contribution in [0.4, 0.5) is 13.2 Å². The van der Waals surface area contributed by atoms with Crippen LogP contribution in [-0.2, 0) is 16.1 Å². The number of alkyl halides is 3. The van der Waals surface area contributed by atoms with Gasteiger partial charge in [0.2, 0.25) is 0 Å². The van der Waals surface area contributed by atoms with Crippen molar-refractivity contribution in [1.82, 2.24) is 4.90 Å². The summed E-state index contributed by atoms with van der Waals surface area (Å²) in [7, 11) is 0. The van der Waals surface area contributed by atoms with Crippen molar-refractivity contribution in [2.75, 3.05) is 13.1 Å². The third-order valence-corrected chi connectivity index (χ3v) is 4.49. The van der Waals surface area contributed by atoms with Crippen LogP contribution in [0.2, 0.25) is 0 Å². The molecule has 1 aliphatic heterocycles. The van der Waals surface area contributed by atoms with Crippen LogP contribution in [-0.4, -0.2) is 46.8 Å². The maximum atomic E-state index is 13.4. The van der Waals surface area contributed by atoms with Crippen molar-refractivity contribution in [3.63, 3.8) is 0 Å². The topological polar surface area (TPSA) is 66.8 Å². The minimum atomic E-state index is -4.82. The molecule has 0 spiro atoms. The van der Waals surface area contributed by atoms with Crippen molar-refractivity contribution in [2.45, 2.75) is 51.9 Å². The quantitative estimate of drug-likeness (QED) is 0.795. The minimum absolute atomic E-state index is 0.127. The molecule has 2 rings (SSSR count). The molecule has 1 aliphatic rings. The summed E-state index contributed by atoms with van der Waals surface area (Å²) in [6.45, 7) is 5.10. The Morgan fingerprint density at radius 2 is 1.93 bits per heavy atom. The van der Waals surface area contributed by atoms with E-state index in [0.717, 1.165) is 0 Å². The number of carboxylic acids is 1. The van der Waals surface area contributed by atoms with E-state index >= 15 is 0 Å². The predicted molar refractivity (Wildman–Crippen MR) is 92.2 cm³/mol. The Hall–Kier alpha value is -2.09. The molecule has 1 saturated heterocycles. The summed E-state index contributed by atoms with van der Waals surface area (Å²) in [6.07, 6.45) is -5.12. The average molecular weight is 387 g/mol. The molecule has 27 heavy (non-hydrogen) atoms. The Kier molecular flexibility index (Phi) is 5.89. The van der Waals surface area contributed by atoms with Crippen molar-refractivity contribution >= 4 is 11.9 Å². The summed E-state index contributed by atoms with van der Waals surface area (Å²) >= 11 is 0. The maximum absolute atomic E-state index is 13.4. The molecule has 1 unspecified atom stereocenters. The fraction of sp³-hybridized carbons (Fsp3) is 0.579. The Morgan fingerprint density at radius 3 is 2.48 bits per heavy atom. The van der Waals surface area contributed by atoms with E-state index in [1.807, 2.05) is 0 Å². The van der Waals surface area contributed by atoms with Gasteiger partial charge in [0.05, 0.1) is 5.56 Å². The lowest BCUT2D eigenvalue weighted by Crippen LogP contribution is -2.55. The highest BCUT2D eigenvalue weighted by Crippen LogP contribution is 2.45. The van der Waals surface area contributed by atoms with E-state index in [0.29, 0.717) is 17.7 Å². The van der Waals surface area contributed by atoms with Crippen molar-refractivity contribution < 1.29 is 32.6 Å². The number of aliphatic carboxylic acids is 1. The second kappa shape index (κ2) is 7.50. The van der Waals surface area contributed by atoms with Gasteiger partial charge in [0.1, 0.15) is 5.60 Å². The highest BCUT2D eigenvalue weighted by molar-refractivity contribution is 5.89. The van der Waals surface area contributed by atoms with Gasteiger partial charge in [-0.1, -0.05) is 12.1 Å². The van der Waals surface area contributed by atoms with Crippen LogP contribution in [0.25, 0.3) is 0 Å². The fourth-order valence-corrected chi connectivity index (χ4v) is 3.20. The van der Waals surface area contributed by atoms with Crippen LogP contribution in [0.3, 0.4) is 0 Å². The number of nitrogens with zero attached hydrogens (tertiary/aromatic N) is 1. The lowest BCUT2D eigenvalue weighted by atomic mass is 9.79. The zero-order valence-electron chi connectivity index (χ0n) is 15.6. The summed E-state index contributed by atoms with van der Waals surface area (Å²) in [5.41, 5.74) is -2.48. The summed E-state index contributed by atoms with van der Waals surface area (Å²) < 4.78 is 45.6. The molecule has 0 bridgehead atoms. The van der Waals surface area contributed by atoms with Crippen LogP contribution >= 0.6 is 0 Å². The first kappa shape index (κ1) is 21.2. The second-order valence-electron chi connectivity index (χ2n) is 7.90. The molecule has 1 atom stereocenters. The number of benzene rings is 1. The van der Waals surface area contributed by atoms with Crippen molar-refractivity contribution in [3.05, 3.63) is 35.4 Å². The van der Waals surface area contributed by atoms with Gasteiger partial charge in [0.25, 0.3) is 0 Å². The monoisotopic (exact) mass is 387 g/mol. The Morgan fingerprint density at radius 1 is 1.26 bits per heavy atom. The number of piperidine rings is 1. The van der Waals surface area contributed by atoms with Crippen LogP contribution in [0.5, 0.6) is 0 Å². The van der Waals surface area contributed by atoms with Gasteiger partial charge in [-0.15, -0.1) is 0 Å². The molecule has 150 valence electrons. The van der Waals surface area contributed by atoms with Gasteiger partial charge < -0.3 is 9.84 Å². The number of esters is 1. The largest absolute Gasteiger partial charge is 0.481 e. The molecule has 8 heteroatoms. The smallest absolute Gasteiger partial charge is 0.406 e. The molecule has 0 aliphatic carbocycles. The van der Waals surface area contributed by atoms with Gasteiger partial charge in [-0.05, 0) is 57.9 Å². The van der Waals surface area contributed by atoms with Crippen molar-refractivity contribution in [1.29, 1.82) is 0 Å². The molecule has 0 amide bonds. The summed E-state index contributed by atoms with van der Waals surface area (Å²) in [6, 6.07) is 6.47. The number of carboxylic acid groups (broad SMARTS) is 1. The van der Waals surface area contributed by atoms with E-state index in [4.69, 9.17) is 4.74 Å². The van der Waals surface area contributed by atoms with Crippen LogP contribution in [0.1, 0.15) is 49.5 Å². The Labute approximate surface area is 156 Å². The third kappa shape index (κ3) is 5.00. The van der Waals surface area contributed by atoms with Gasteiger partial charge in [-0.25, -0.2) is 4.79 Å². The van der Waals surface area contributed by atoms with Crippen LogP contribution < -0.4 is 0 Å². The van der Waals surface area contributed by atoms with Gasteiger partial charge in [0, 0.05) is 13.1 Å². The van der Waals surface area contributed by atoms with Crippen molar-refractivity contribution in [2.24, 2.45) is 5.41 Å². The first-order chi connectivity index (χ1) is 12.3. The van der Waals surface area contributed by atoms with Gasteiger partial charge in [-0.3, -0.25) is 9.69 Å². The van der Waals surface area contributed by atoms with Crippen LogP contribution in [0.15, 0.2) is 24.3 Å². The molecule has 1 aromatic carbocycles. The second-order valence-corrected chi connectivity index (χ2v) is 7.90. The molecule has 1 aromatic rings. The number of halogens is 3. The third-order valence-electron chi connectivity index (χ3n) is 4.49. The number of likely N-dealkylation sites (tertiary alicyclic amines) is 1. The Bertz CT molecular complexity index is 712. The minimum Gasteiger partial charge on any atom is -0.481 e. The lowest BCUT2D eigenvalue weighted by Gasteiger charge is -2.40. The molecule has 1 heterocycles. The molecular formula is C19H24F3NO4. The molecule has 0 aromatic heterocycles. The average Bonchev–Trinajstić information content (AvgIpc) is 2.52. The van der Waals surface area contributed by atoms with E-state index in [1.165, 1.54) is 4.90 Å². The lowest BCUT2D eigenvalue weighted by molar-refractivity contribution is -0.243. The van der Waals surface area contributed by atoms with Crippen molar-refractivity contribution in [3.8, 4) is 0 Å². The number of hydrogen-bond acceptors (Lipinski definition) is 4. The summed E-state index contributed by atoms with van der Waals surface area (Å²) in [5.74, 6) is -2.36. The molecular weight excluding hydrogens is 363 g/mol. The zero-order chi connectivity index (χ0) is 20.5. The highest BCUT2D eigenvalue weighted by Gasteiger charge is 2.61. The van der Waals surface area contributed by atoms with Gasteiger partial charge in [-0.2, -0.15) is 13.2 Å². The SMILES string of the molecule is CC(C)(C)OC(=O)c1cccc(CN2CCCC(C(=O)O)(C(F)(F)F)C2)c1. The van der Waals surface area contributed by atoms with E-state index in [1.54, 1.807) is 45.0 Å². The molecule has 5 nitrogen and oxygen atoms in total. The van der Waals surface area contributed by atoms with E-state index < -0.39 is 42.1 Å². The number of rotatable bonds is 4. The normalized spacial score (nSPS) is 21.7. The number of carbonyl (C=O) groups excluding carboxylic acids is 1. The van der Waals surface area contributed by atoms with E-state index in [-0.39, 0.29) is 13.0 Å². The number of carbonyl (C=O) groups is 2. The fourth-order valence-electron chi connectivity index (χ4n) is 3.20. The maximum Gasteiger partial charge on any atom is 0.406 e. The first-order valence-electron chi connectivity index (χ1n) is 8.69. The predicted octanol–water partition coefficient (Wildman–Crippen LogP) is 3.87. The summed E-state index contributed by atoms with van der Waals surface area (Å²) in [5, 5.41) is 9.23. The first-order valence-corrected chi connectivity index (χ1v) is 8.69. The van der Waals surface area contributed by atoms with Gasteiger partial charge in [0.15, 0.2) is 5.41 Å². The van der Waals surface area contributed by atoms with E-state index in [9.17, 15) is 27.9 Å². The molecule has 0 radical (unpaired) electrons. The highest BCUT2D eigenvalue weighted by atomic mass is 19.4. The zero-order valence-corrected chi connectivity index (χ0v) is 15.6. The number of ether oxygens (including phenoxy) is 1. The number of hydrogen-bond donors (Lipinski definition) is 1. The molecule has 1 N–H and O–H groups in total. The van der Waals surface area contributed by atoms with E-state index in [2.05, 4.69) is 0 Å². The summed E-state index contributed by atoms with van der Waals surface area (Å²) in [4.78, 5) is 25.0. The Balaban J connectivity index is 2.16.